The number of hydrogen-bond acceptors (Lipinski definition) is 2. The van der Waals surface area contributed by atoms with Crippen LogP contribution in [0.4, 0.5) is 10.1 Å². The molecular weight excluding hydrogens is 229 g/mol. The molecule has 0 saturated heterocycles. The fraction of sp³-hybridized carbons (Fsp3) is 0.200. The highest BCUT2D eigenvalue weighted by Crippen LogP contribution is 2.20. The second-order valence-electron chi connectivity index (χ2n) is 4.46. The van der Waals surface area contributed by atoms with Crippen LogP contribution in [-0.4, -0.2) is 0 Å². The average Bonchev–Trinajstić information content (AvgIpc) is 2.29. The van der Waals surface area contributed by atoms with Gasteiger partial charge in [0.1, 0.15) is 18.2 Å². The van der Waals surface area contributed by atoms with Gasteiger partial charge in [0.05, 0.1) is 0 Å². The van der Waals surface area contributed by atoms with E-state index in [2.05, 4.69) is 6.07 Å². The summed E-state index contributed by atoms with van der Waals surface area (Å²) >= 11 is 0. The number of hydrogen-bond donors (Lipinski definition) is 1. The first kappa shape index (κ1) is 12.4. The first-order valence-electron chi connectivity index (χ1n) is 5.79. The quantitative estimate of drug-likeness (QED) is 0.838. The number of ether oxygens (including phenoxy) is 1. The molecule has 0 amide bonds. The molecule has 0 atom stereocenters. The number of benzene rings is 2. The summed E-state index contributed by atoms with van der Waals surface area (Å²) in [5.41, 5.74) is 9.24. The van der Waals surface area contributed by atoms with Gasteiger partial charge in [-0.1, -0.05) is 6.07 Å². The van der Waals surface area contributed by atoms with E-state index in [1.54, 1.807) is 6.07 Å². The minimum Gasteiger partial charge on any atom is -0.489 e. The maximum atomic E-state index is 13.1. The van der Waals surface area contributed by atoms with Crippen LogP contribution in [-0.2, 0) is 6.61 Å². The third-order valence-electron chi connectivity index (χ3n) is 2.69. The second kappa shape index (κ2) is 5.08. The monoisotopic (exact) mass is 245 g/mol. The van der Waals surface area contributed by atoms with Gasteiger partial charge in [0.25, 0.3) is 0 Å². The van der Waals surface area contributed by atoms with Gasteiger partial charge >= 0.3 is 0 Å². The Labute approximate surface area is 106 Å². The smallest absolute Gasteiger partial charge is 0.123 e. The van der Waals surface area contributed by atoms with Crippen molar-refractivity contribution >= 4 is 5.69 Å². The van der Waals surface area contributed by atoms with Crippen molar-refractivity contribution in [3.63, 3.8) is 0 Å². The van der Waals surface area contributed by atoms with Crippen LogP contribution in [0.1, 0.15) is 16.7 Å². The van der Waals surface area contributed by atoms with Gasteiger partial charge < -0.3 is 10.5 Å². The molecule has 18 heavy (non-hydrogen) atoms. The van der Waals surface area contributed by atoms with Crippen molar-refractivity contribution in [1.82, 2.24) is 0 Å². The van der Waals surface area contributed by atoms with Crippen LogP contribution in [0.25, 0.3) is 0 Å². The molecule has 0 bridgehead atoms. The number of nitrogens with two attached hydrogens (primary N) is 1. The van der Waals surface area contributed by atoms with Crippen molar-refractivity contribution in [1.29, 1.82) is 0 Å². The van der Waals surface area contributed by atoms with Gasteiger partial charge in [-0.2, -0.15) is 0 Å². The predicted molar refractivity (Wildman–Crippen MR) is 71.1 cm³/mol. The zero-order valence-corrected chi connectivity index (χ0v) is 10.5. The Morgan fingerprint density at radius 2 is 1.72 bits per heavy atom. The third kappa shape index (κ3) is 3.00. The normalized spacial score (nSPS) is 10.4. The third-order valence-corrected chi connectivity index (χ3v) is 2.69. The topological polar surface area (TPSA) is 35.2 Å². The van der Waals surface area contributed by atoms with Crippen LogP contribution in [0, 0.1) is 19.7 Å². The van der Waals surface area contributed by atoms with Gasteiger partial charge in [0.2, 0.25) is 0 Å². The van der Waals surface area contributed by atoms with Gasteiger partial charge in [-0.05, 0) is 55.3 Å². The highest BCUT2D eigenvalue weighted by Gasteiger charge is 2.03. The van der Waals surface area contributed by atoms with Crippen molar-refractivity contribution in [2.45, 2.75) is 20.5 Å². The second-order valence-corrected chi connectivity index (χ2v) is 4.46. The molecule has 0 heterocycles. The van der Waals surface area contributed by atoms with Crippen molar-refractivity contribution in [3.05, 3.63) is 58.9 Å². The summed E-state index contributed by atoms with van der Waals surface area (Å²) in [6.07, 6.45) is 0. The summed E-state index contributed by atoms with van der Waals surface area (Å²) in [7, 11) is 0. The molecule has 0 aromatic heterocycles. The molecule has 2 nitrogen and oxygen atoms in total. The van der Waals surface area contributed by atoms with Crippen LogP contribution in [0.3, 0.4) is 0 Å². The lowest BCUT2D eigenvalue weighted by Crippen LogP contribution is -2.01. The van der Waals surface area contributed by atoms with E-state index in [-0.39, 0.29) is 12.4 Å². The minimum atomic E-state index is -0.303. The molecule has 0 fully saturated rings. The molecule has 3 heteroatoms. The van der Waals surface area contributed by atoms with Crippen molar-refractivity contribution in [2.24, 2.45) is 0 Å². The highest BCUT2D eigenvalue weighted by molar-refractivity contribution is 5.46. The predicted octanol–water partition coefficient (Wildman–Crippen LogP) is 3.60. The van der Waals surface area contributed by atoms with Crippen LogP contribution in [0.2, 0.25) is 0 Å². The van der Waals surface area contributed by atoms with E-state index in [1.165, 1.54) is 12.1 Å². The lowest BCUT2D eigenvalue weighted by Gasteiger charge is -2.10. The fourth-order valence-electron chi connectivity index (χ4n) is 1.88. The number of anilines is 1. The maximum Gasteiger partial charge on any atom is 0.123 e. The summed E-state index contributed by atoms with van der Waals surface area (Å²) < 4.78 is 18.7. The Morgan fingerprint density at radius 1 is 1.06 bits per heavy atom. The van der Waals surface area contributed by atoms with E-state index < -0.39 is 0 Å². The lowest BCUT2D eigenvalue weighted by atomic mass is 10.1. The largest absolute Gasteiger partial charge is 0.489 e. The van der Waals surface area contributed by atoms with E-state index in [0.29, 0.717) is 11.3 Å². The van der Waals surface area contributed by atoms with Crippen LogP contribution in [0.15, 0.2) is 36.4 Å². The minimum absolute atomic E-state index is 0.270. The number of nitrogen functional groups attached to an aromatic ring is 1. The van der Waals surface area contributed by atoms with E-state index >= 15 is 0 Å². The molecule has 0 saturated carbocycles. The Bertz CT molecular complexity index is 546. The molecular formula is C15H16FNO. The molecule has 0 unspecified atom stereocenters. The molecule has 2 aromatic carbocycles. The number of halogens is 1. The van der Waals surface area contributed by atoms with Gasteiger partial charge in [-0.15, -0.1) is 0 Å². The van der Waals surface area contributed by atoms with Gasteiger partial charge in [-0.3, -0.25) is 0 Å². The molecule has 2 rings (SSSR count). The standard InChI is InChI=1S/C15H16FNO/c1-10-5-11(2)7-14(6-10)18-9-12-8-13(16)3-4-15(12)17/h3-8H,9,17H2,1-2H3. The first-order chi connectivity index (χ1) is 8.54. The zero-order valence-electron chi connectivity index (χ0n) is 10.5. The van der Waals surface area contributed by atoms with Gasteiger partial charge in [0, 0.05) is 11.3 Å². The molecule has 0 aliphatic carbocycles. The maximum absolute atomic E-state index is 13.1. The zero-order chi connectivity index (χ0) is 13.1. The first-order valence-corrected chi connectivity index (χ1v) is 5.79. The number of rotatable bonds is 3. The molecule has 2 aromatic rings. The highest BCUT2D eigenvalue weighted by atomic mass is 19.1. The average molecular weight is 245 g/mol. The van der Waals surface area contributed by atoms with Crippen LogP contribution in [0.5, 0.6) is 5.75 Å². The SMILES string of the molecule is Cc1cc(C)cc(OCc2cc(F)ccc2N)c1. The molecule has 0 radical (unpaired) electrons. The van der Waals surface area contributed by atoms with Crippen molar-refractivity contribution < 1.29 is 9.13 Å². The van der Waals surface area contributed by atoms with E-state index in [1.807, 2.05) is 26.0 Å². The van der Waals surface area contributed by atoms with E-state index in [4.69, 9.17) is 10.5 Å². The van der Waals surface area contributed by atoms with E-state index in [0.717, 1.165) is 16.9 Å². The fourth-order valence-corrected chi connectivity index (χ4v) is 1.88. The summed E-state index contributed by atoms with van der Waals surface area (Å²) in [5.74, 6) is 0.472. The Kier molecular flexibility index (Phi) is 3.51. The molecule has 0 aliphatic rings. The summed E-state index contributed by atoms with van der Waals surface area (Å²) in [6.45, 7) is 4.29. The molecule has 94 valence electrons. The van der Waals surface area contributed by atoms with Crippen molar-refractivity contribution in [3.8, 4) is 5.75 Å². The molecule has 0 aliphatic heterocycles. The molecule has 2 N–H and O–H groups in total. The van der Waals surface area contributed by atoms with Crippen LogP contribution >= 0.6 is 0 Å². The summed E-state index contributed by atoms with van der Waals surface area (Å²) in [6, 6.07) is 10.3. The van der Waals surface area contributed by atoms with Crippen LogP contribution < -0.4 is 10.5 Å². The Morgan fingerprint density at radius 3 is 2.39 bits per heavy atom. The number of aryl methyl sites for hydroxylation is 2. The Balaban J connectivity index is 2.13. The van der Waals surface area contributed by atoms with Gasteiger partial charge in [-0.25, -0.2) is 4.39 Å². The summed E-state index contributed by atoms with van der Waals surface area (Å²) in [4.78, 5) is 0. The summed E-state index contributed by atoms with van der Waals surface area (Å²) in [5, 5.41) is 0. The molecule has 0 spiro atoms. The Hall–Kier alpha value is -2.03. The lowest BCUT2D eigenvalue weighted by molar-refractivity contribution is 0.306. The van der Waals surface area contributed by atoms with E-state index in [9.17, 15) is 4.39 Å². The van der Waals surface area contributed by atoms with Gasteiger partial charge in [0.15, 0.2) is 0 Å². The van der Waals surface area contributed by atoms with Crippen molar-refractivity contribution in [2.75, 3.05) is 5.73 Å².